The number of amides is 2. The molecule has 12 nitrogen and oxygen atoms in total. The van der Waals surface area contributed by atoms with Crippen molar-refractivity contribution in [1.82, 2.24) is 40.0 Å². The number of fused-ring (bicyclic) bond motifs is 3. The zero-order valence-electron chi connectivity index (χ0n) is 22.5. The van der Waals surface area contributed by atoms with Crippen LogP contribution in [0, 0.1) is 0 Å². The summed E-state index contributed by atoms with van der Waals surface area (Å²) in [6.45, 7) is 2.75. The Balaban J connectivity index is 1.11. The van der Waals surface area contributed by atoms with E-state index in [2.05, 4.69) is 47.7 Å². The molecule has 7 rings (SSSR count). The van der Waals surface area contributed by atoms with Gasteiger partial charge in [0.25, 0.3) is 5.91 Å². The Kier molecular flexibility index (Phi) is 6.04. The number of hydrogen-bond acceptors (Lipinski definition) is 9. The molecule has 206 valence electrons. The van der Waals surface area contributed by atoms with Crippen molar-refractivity contribution in [1.29, 1.82) is 0 Å². The average molecular weight is 550 g/mol. The number of aryl methyl sites for hydroxylation is 1. The number of oxazole rings is 1. The molecule has 0 unspecified atom stereocenters. The Morgan fingerprint density at radius 2 is 1.90 bits per heavy atom. The van der Waals surface area contributed by atoms with E-state index in [1.807, 2.05) is 23.1 Å². The van der Waals surface area contributed by atoms with Gasteiger partial charge >= 0.3 is 0 Å². The second-order valence-corrected chi connectivity index (χ2v) is 10.5. The zero-order chi connectivity index (χ0) is 28.1. The molecule has 0 saturated carbocycles. The van der Waals surface area contributed by atoms with Gasteiger partial charge in [-0.1, -0.05) is 30.3 Å². The first-order valence-corrected chi connectivity index (χ1v) is 13.4. The molecule has 12 heteroatoms. The molecule has 0 spiro atoms. The van der Waals surface area contributed by atoms with Gasteiger partial charge < -0.3 is 14.6 Å². The van der Waals surface area contributed by atoms with Crippen LogP contribution in [0.1, 0.15) is 41.3 Å². The number of likely N-dealkylation sites (tertiary alicyclic amines) is 2. The molecule has 3 aromatic heterocycles. The highest BCUT2D eigenvalue weighted by molar-refractivity contribution is 5.94. The molecular weight excluding hydrogens is 522 g/mol. The second-order valence-electron chi connectivity index (χ2n) is 10.5. The fraction of sp³-hybridized carbons (Fsp3) is 0.276. The summed E-state index contributed by atoms with van der Waals surface area (Å²) in [4.78, 5) is 39.8. The van der Waals surface area contributed by atoms with Crippen LogP contribution in [-0.2, 0) is 11.8 Å². The van der Waals surface area contributed by atoms with E-state index in [1.54, 1.807) is 43.6 Å². The van der Waals surface area contributed by atoms with E-state index in [1.165, 1.54) is 11.7 Å². The summed E-state index contributed by atoms with van der Waals surface area (Å²) in [6, 6.07) is 19.0. The van der Waals surface area contributed by atoms with E-state index in [-0.39, 0.29) is 29.9 Å². The smallest absolute Gasteiger partial charge is 0.272 e. The molecule has 2 aromatic carbocycles. The maximum atomic E-state index is 13.7. The van der Waals surface area contributed by atoms with Crippen LogP contribution in [0.5, 0.6) is 0 Å². The lowest BCUT2D eigenvalue weighted by atomic mass is 10.0. The molecule has 2 aliphatic heterocycles. The fourth-order valence-electron chi connectivity index (χ4n) is 5.95. The Morgan fingerprint density at radius 1 is 1.05 bits per heavy atom. The molecule has 3 atom stereocenters. The molecule has 2 bridgehead atoms. The number of piperazine rings is 1. The van der Waals surface area contributed by atoms with Crippen molar-refractivity contribution >= 4 is 28.6 Å². The molecule has 0 radical (unpaired) electrons. The standard InChI is InChI=1S/C29H27N9O3/c1-17(39)31-20-8-9-25-23(13-20)32-28(41-25)19-10-11-30-24(12-19)29(40)38-16-21-14-22(38)15-37(21)26(18-6-4-3-5-7-18)27-33-35-36(2)34-27/h3-13,21-22,26H,14-16H2,1-2H3,(H,31,39)/t21-,22-,26+/m1/s1. The van der Waals surface area contributed by atoms with Crippen molar-refractivity contribution in [3.8, 4) is 11.5 Å². The van der Waals surface area contributed by atoms with Gasteiger partial charge in [0.2, 0.25) is 11.8 Å². The number of nitrogens with one attached hydrogen (secondary N) is 1. The van der Waals surface area contributed by atoms with E-state index in [4.69, 9.17) is 4.42 Å². The zero-order valence-corrected chi connectivity index (χ0v) is 22.5. The van der Waals surface area contributed by atoms with Crippen molar-refractivity contribution in [3.05, 3.63) is 83.9 Å². The summed E-state index contributed by atoms with van der Waals surface area (Å²) < 4.78 is 5.95. The van der Waals surface area contributed by atoms with Crippen LogP contribution in [0.2, 0.25) is 0 Å². The molecule has 2 saturated heterocycles. The number of aromatic nitrogens is 6. The summed E-state index contributed by atoms with van der Waals surface area (Å²) in [7, 11) is 1.76. The fourth-order valence-corrected chi connectivity index (χ4v) is 5.95. The molecule has 41 heavy (non-hydrogen) atoms. The average Bonchev–Trinajstić information content (AvgIpc) is 3.77. The van der Waals surface area contributed by atoms with Crippen LogP contribution in [0.3, 0.4) is 0 Å². The molecule has 1 N–H and O–H groups in total. The first-order chi connectivity index (χ1) is 19.9. The van der Waals surface area contributed by atoms with Gasteiger partial charge in [-0.25, -0.2) is 4.98 Å². The molecule has 5 aromatic rings. The van der Waals surface area contributed by atoms with E-state index < -0.39 is 0 Å². The summed E-state index contributed by atoms with van der Waals surface area (Å²) in [5, 5.41) is 15.7. The van der Waals surface area contributed by atoms with Gasteiger partial charge in [-0.05, 0) is 47.5 Å². The summed E-state index contributed by atoms with van der Waals surface area (Å²) in [5.41, 5.74) is 3.93. The maximum absolute atomic E-state index is 13.7. The van der Waals surface area contributed by atoms with Crippen molar-refractivity contribution in [2.75, 3.05) is 18.4 Å². The van der Waals surface area contributed by atoms with Crippen molar-refractivity contribution in [2.24, 2.45) is 7.05 Å². The van der Waals surface area contributed by atoms with Gasteiger partial charge in [0.1, 0.15) is 11.2 Å². The van der Waals surface area contributed by atoms with Gasteiger partial charge in [0.15, 0.2) is 11.4 Å². The van der Waals surface area contributed by atoms with Crippen LogP contribution >= 0.6 is 0 Å². The third kappa shape index (κ3) is 4.61. The van der Waals surface area contributed by atoms with E-state index >= 15 is 0 Å². The van der Waals surface area contributed by atoms with E-state index in [0.717, 1.165) is 12.0 Å². The topological polar surface area (TPSA) is 135 Å². The minimum absolute atomic E-state index is 0.0531. The number of nitrogens with zero attached hydrogens (tertiary/aromatic N) is 8. The number of hydrogen-bond donors (Lipinski definition) is 1. The molecule has 2 amide bonds. The summed E-state index contributed by atoms with van der Waals surface area (Å²) in [6.07, 6.45) is 2.47. The predicted molar refractivity (Wildman–Crippen MR) is 149 cm³/mol. The number of rotatable bonds is 6. The third-order valence-corrected chi connectivity index (χ3v) is 7.69. The first-order valence-electron chi connectivity index (χ1n) is 13.4. The van der Waals surface area contributed by atoms with E-state index in [0.29, 0.717) is 52.8 Å². The second kappa shape index (κ2) is 9.89. The highest BCUT2D eigenvalue weighted by Gasteiger charge is 2.49. The maximum Gasteiger partial charge on any atom is 0.272 e. The molecule has 0 aliphatic carbocycles. The van der Waals surface area contributed by atoms with Gasteiger partial charge in [-0.3, -0.25) is 19.5 Å². The number of carbonyl (C=O) groups is 2. The Morgan fingerprint density at radius 3 is 2.63 bits per heavy atom. The van der Waals surface area contributed by atoms with Crippen LogP contribution in [0.4, 0.5) is 5.69 Å². The minimum atomic E-state index is -0.162. The lowest BCUT2D eigenvalue weighted by Crippen LogP contribution is -2.50. The van der Waals surface area contributed by atoms with Crippen LogP contribution in [0.15, 0.2) is 71.3 Å². The number of pyridine rings is 1. The Bertz CT molecular complexity index is 1770. The number of benzene rings is 2. The largest absolute Gasteiger partial charge is 0.436 e. The number of carbonyl (C=O) groups excluding carboxylic acids is 2. The normalized spacial score (nSPS) is 19.1. The van der Waals surface area contributed by atoms with Gasteiger partial charge in [0.05, 0.1) is 13.1 Å². The lowest BCUT2D eigenvalue weighted by molar-refractivity contribution is -0.114. The number of tetrazole rings is 1. The third-order valence-electron chi connectivity index (χ3n) is 7.69. The first kappa shape index (κ1) is 25.0. The highest BCUT2D eigenvalue weighted by atomic mass is 16.3. The van der Waals surface area contributed by atoms with Crippen LogP contribution in [0.25, 0.3) is 22.6 Å². The molecular formula is C29H27N9O3. The van der Waals surface area contributed by atoms with Crippen LogP contribution < -0.4 is 5.32 Å². The summed E-state index contributed by atoms with van der Waals surface area (Å²) in [5.74, 6) is 0.760. The van der Waals surface area contributed by atoms with Crippen molar-refractivity contribution in [2.45, 2.75) is 31.5 Å². The molecule has 2 aliphatic rings. The number of anilines is 1. The highest BCUT2D eigenvalue weighted by Crippen LogP contribution is 2.39. The Labute approximate surface area is 235 Å². The minimum Gasteiger partial charge on any atom is -0.436 e. The summed E-state index contributed by atoms with van der Waals surface area (Å²) >= 11 is 0. The van der Waals surface area contributed by atoms with Crippen molar-refractivity contribution < 1.29 is 14.0 Å². The van der Waals surface area contributed by atoms with Gasteiger partial charge in [-0.2, -0.15) is 4.80 Å². The lowest BCUT2D eigenvalue weighted by Gasteiger charge is -2.37. The van der Waals surface area contributed by atoms with Crippen LogP contribution in [-0.4, -0.2) is 77.0 Å². The van der Waals surface area contributed by atoms with Crippen molar-refractivity contribution in [3.63, 3.8) is 0 Å². The van der Waals surface area contributed by atoms with E-state index in [9.17, 15) is 9.59 Å². The Hall–Kier alpha value is -4.97. The SMILES string of the molecule is CC(=O)Nc1ccc2oc(-c3ccnc(C(=O)N4C[C@H]5C[C@@H]4CN5[C@@H](c4ccccc4)c4nnn(C)n4)c3)nc2c1. The monoisotopic (exact) mass is 549 g/mol. The predicted octanol–water partition coefficient (Wildman–Crippen LogP) is 3.06. The van der Waals surface area contributed by atoms with Gasteiger partial charge in [-0.15, -0.1) is 10.2 Å². The quantitative estimate of drug-likeness (QED) is 0.339. The van der Waals surface area contributed by atoms with Gasteiger partial charge in [0, 0.05) is 49.5 Å². The molecule has 5 heterocycles. The molecule has 2 fully saturated rings.